The Kier molecular flexibility index (Phi) is 4.25. The molecule has 18 heavy (non-hydrogen) atoms. The molecule has 0 radical (unpaired) electrons. The second kappa shape index (κ2) is 5.03. The van der Waals surface area contributed by atoms with E-state index in [-0.39, 0.29) is 11.0 Å². The molecule has 6 heteroatoms. The molecule has 102 valence electrons. The van der Waals surface area contributed by atoms with Crippen LogP contribution < -0.4 is 0 Å². The molecule has 1 saturated carbocycles. The maximum Gasteiger partial charge on any atom is 0.191 e. The summed E-state index contributed by atoms with van der Waals surface area (Å²) >= 11 is 0. The van der Waals surface area contributed by atoms with Crippen LogP contribution in [0.4, 0.5) is 0 Å². The van der Waals surface area contributed by atoms with Gasteiger partial charge in [-0.25, -0.2) is 0 Å². The van der Waals surface area contributed by atoms with Crippen LogP contribution in [0, 0.1) is 5.92 Å². The number of azide groups is 1. The SMILES string of the molecule is CC(C)(C)[Si](C)(C)OCC[C@@H]1C[C@]1(C=O)N=[N+]=[N-]. The van der Waals surface area contributed by atoms with Crippen molar-refractivity contribution in [1.29, 1.82) is 0 Å². The zero-order valence-electron chi connectivity index (χ0n) is 11.9. The number of nitrogens with zero attached hydrogens (tertiary/aromatic N) is 3. The minimum Gasteiger partial charge on any atom is -0.417 e. The molecule has 0 saturated heterocycles. The average Bonchev–Trinajstić information content (AvgIpc) is 2.91. The van der Waals surface area contributed by atoms with Crippen molar-refractivity contribution in [3.8, 4) is 0 Å². The minimum atomic E-state index is -1.71. The van der Waals surface area contributed by atoms with Crippen LogP contribution in [0.25, 0.3) is 10.4 Å². The van der Waals surface area contributed by atoms with Crippen molar-refractivity contribution in [2.75, 3.05) is 6.61 Å². The van der Waals surface area contributed by atoms with Gasteiger partial charge in [0.1, 0.15) is 11.8 Å². The fourth-order valence-corrected chi connectivity index (χ4v) is 2.80. The maximum absolute atomic E-state index is 10.9. The maximum atomic E-state index is 10.9. The number of hydrogen-bond donors (Lipinski definition) is 0. The smallest absolute Gasteiger partial charge is 0.191 e. The fourth-order valence-electron chi connectivity index (χ4n) is 1.73. The van der Waals surface area contributed by atoms with Gasteiger partial charge >= 0.3 is 0 Å². The molecular formula is C12H23N3O2Si. The Labute approximate surface area is 110 Å². The predicted octanol–water partition coefficient (Wildman–Crippen LogP) is 3.67. The third kappa shape index (κ3) is 3.13. The third-order valence-corrected chi connectivity index (χ3v) is 8.83. The lowest BCUT2D eigenvalue weighted by Crippen LogP contribution is -2.41. The predicted molar refractivity (Wildman–Crippen MR) is 73.8 cm³/mol. The van der Waals surface area contributed by atoms with Crippen molar-refractivity contribution < 1.29 is 9.22 Å². The molecule has 0 aromatic heterocycles. The van der Waals surface area contributed by atoms with Gasteiger partial charge < -0.3 is 9.22 Å². The van der Waals surface area contributed by atoms with Gasteiger partial charge in [0, 0.05) is 11.5 Å². The van der Waals surface area contributed by atoms with Crippen molar-refractivity contribution in [3.05, 3.63) is 10.4 Å². The van der Waals surface area contributed by atoms with Gasteiger partial charge in [0.25, 0.3) is 0 Å². The lowest BCUT2D eigenvalue weighted by Gasteiger charge is -2.36. The molecule has 1 aliphatic carbocycles. The zero-order valence-corrected chi connectivity index (χ0v) is 12.9. The first-order valence-corrected chi connectivity index (χ1v) is 9.26. The summed E-state index contributed by atoms with van der Waals surface area (Å²) in [6.07, 6.45) is 2.25. The summed E-state index contributed by atoms with van der Waals surface area (Å²) in [5, 5.41) is 3.80. The van der Waals surface area contributed by atoms with Crippen LogP contribution in [0.15, 0.2) is 5.11 Å². The van der Waals surface area contributed by atoms with Crippen LogP contribution in [0.2, 0.25) is 18.1 Å². The molecule has 0 unspecified atom stereocenters. The van der Waals surface area contributed by atoms with E-state index in [4.69, 9.17) is 9.96 Å². The lowest BCUT2D eigenvalue weighted by atomic mass is 10.2. The van der Waals surface area contributed by atoms with Gasteiger partial charge in [-0.1, -0.05) is 25.9 Å². The van der Waals surface area contributed by atoms with E-state index in [1.165, 1.54) is 0 Å². The van der Waals surface area contributed by atoms with Crippen LogP contribution in [-0.4, -0.2) is 26.7 Å². The Morgan fingerprint density at radius 2 is 2.17 bits per heavy atom. The average molecular weight is 269 g/mol. The highest BCUT2D eigenvalue weighted by Crippen LogP contribution is 2.48. The largest absolute Gasteiger partial charge is 0.417 e. The summed E-state index contributed by atoms with van der Waals surface area (Å²) in [5.74, 6) is 0.163. The third-order valence-electron chi connectivity index (χ3n) is 4.29. The van der Waals surface area contributed by atoms with E-state index in [0.29, 0.717) is 13.0 Å². The van der Waals surface area contributed by atoms with E-state index in [0.717, 1.165) is 12.7 Å². The molecule has 0 aromatic carbocycles. The molecule has 1 rings (SSSR count). The van der Waals surface area contributed by atoms with Crippen molar-refractivity contribution in [3.63, 3.8) is 0 Å². The molecule has 1 aliphatic rings. The minimum absolute atomic E-state index is 0.163. The molecule has 0 N–H and O–H groups in total. The van der Waals surface area contributed by atoms with Crippen molar-refractivity contribution in [1.82, 2.24) is 0 Å². The van der Waals surface area contributed by atoms with Crippen molar-refractivity contribution in [2.45, 2.75) is 57.3 Å². The van der Waals surface area contributed by atoms with Crippen LogP contribution in [0.3, 0.4) is 0 Å². The van der Waals surface area contributed by atoms with Crippen molar-refractivity contribution in [2.24, 2.45) is 11.0 Å². The van der Waals surface area contributed by atoms with E-state index >= 15 is 0 Å². The van der Waals surface area contributed by atoms with E-state index < -0.39 is 13.9 Å². The van der Waals surface area contributed by atoms with E-state index in [1.54, 1.807) is 0 Å². The Morgan fingerprint density at radius 1 is 1.56 bits per heavy atom. The summed E-state index contributed by atoms with van der Waals surface area (Å²) in [7, 11) is -1.71. The molecule has 0 aliphatic heterocycles. The lowest BCUT2D eigenvalue weighted by molar-refractivity contribution is -0.109. The number of carbonyl (C=O) groups is 1. The van der Waals surface area contributed by atoms with Gasteiger partial charge in [0.2, 0.25) is 0 Å². The van der Waals surface area contributed by atoms with Gasteiger partial charge in [-0.2, -0.15) is 0 Å². The second-order valence-corrected chi connectivity index (χ2v) is 11.4. The molecule has 0 bridgehead atoms. The van der Waals surface area contributed by atoms with Gasteiger partial charge in [0.05, 0.1) is 0 Å². The summed E-state index contributed by atoms with van der Waals surface area (Å²) in [6.45, 7) is 11.7. The second-order valence-electron chi connectivity index (χ2n) is 6.60. The van der Waals surface area contributed by atoms with Crippen LogP contribution >= 0.6 is 0 Å². The monoisotopic (exact) mass is 269 g/mol. The first-order chi connectivity index (χ1) is 8.18. The Balaban J connectivity index is 2.42. The molecular weight excluding hydrogens is 246 g/mol. The van der Waals surface area contributed by atoms with Crippen LogP contribution in [-0.2, 0) is 9.22 Å². The highest BCUT2D eigenvalue weighted by molar-refractivity contribution is 6.74. The van der Waals surface area contributed by atoms with E-state index in [1.807, 2.05) is 0 Å². The number of aldehydes is 1. The molecule has 2 atom stereocenters. The Bertz CT molecular complexity index is 372. The quantitative estimate of drug-likeness (QED) is 0.242. The zero-order chi connectivity index (χ0) is 14.0. The molecule has 0 amide bonds. The summed E-state index contributed by atoms with van der Waals surface area (Å²) < 4.78 is 6.05. The van der Waals surface area contributed by atoms with Gasteiger partial charge in [0.15, 0.2) is 8.32 Å². The highest BCUT2D eigenvalue weighted by atomic mass is 28.4. The molecule has 0 spiro atoms. The molecule has 1 fully saturated rings. The first kappa shape index (κ1) is 15.2. The number of hydrogen-bond acceptors (Lipinski definition) is 3. The van der Waals surface area contributed by atoms with Crippen LogP contribution in [0.1, 0.15) is 33.6 Å². The summed E-state index contributed by atoms with van der Waals surface area (Å²) in [5.41, 5.74) is 7.65. The van der Waals surface area contributed by atoms with E-state index in [9.17, 15) is 4.79 Å². The normalized spacial score (nSPS) is 27.5. The standard InChI is InChI=1S/C12H23N3O2Si/c1-11(2,3)18(4,5)17-7-6-10-8-12(10,9-16)14-15-13/h9-10H,6-8H2,1-5H3/t10-,12-/m1/s1. The van der Waals surface area contributed by atoms with Gasteiger partial charge in [-0.05, 0) is 42.4 Å². The highest BCUT2D eigenvalue weighted by Gasteiger charge is 2.53. The van der Waals surface area contributed by atoms with Gasteiger partial charge in [-0.15, -0.1) is 0 Å². The first-order valence-electron chi connectivity index (χ1n) is 6.35. The van der Waals surface area contributed by atoms with E-state index in [2.05, 4.69) is 43.9 Å². The van der Waals surface area contributed by atoms with Gasteiger partial charge in [-0.3, -0.25) is 0 Å². The fraction of sp³-hybridized carbons (Fsp3) is 0.917. The number of rotatable bonds is 6. The summed E-state index contributed by atoms with van der Waals surface area (Å²) in [6, 6.07) is 0. The van der Waals surface area contributed by atoms with Crippen LogP contribution in [0.5, 0.6) is 0 Å². The van der Waals surface area contributed by atoms with Crippen molar-refractivity contribution >= 4 is 14.6 Å². The number of carbonyl (C=O) groups excluding carboxylic acids is 1. The molecule has 0 heterocycles. The Morgan fingerprint density at radius 3 is 2.61 bits per heavy atom. The Hall–Kier alpha value is -0.843. The molecule has 0 aromatic rings. The topological polar surface area (TPSA) is 75.1 Å². The summed E-state index contributed by atoms with van der Waals surface area (Å²) in [4.78, 5) is 13.7. The molecule has 5 nitrogen and oxygen atoms in total.